The molecule has 6 nitrogen and oxygen atoms in total. The Bertz CT molecular complexity index is 670. The molecule has 0 aromatic heterocycles. The highest BCUT2D eigenvalue weighted by molar-refractivity contribution is 5.13. The van der Waals surface area contributed by atoms with E-state index in [-0.39, 0.29) is 32.5 Å². The summed E-state index contributed by atoms with van der Waals surface area (Å²) in [5, 5.41) is 0. The summed E-state index contributed by atoms with van der Waals surface area (Å²) in [4.78, 5) is 0. The Morgan fingerprint density at radius 3 is 1.00 bits per heavy atom. The van der Waals surface area contributed by atoms with Crippen molar-refractivity contribution in [3.63, 3.8) is 0 Å². The molecule has 4 bridgehead atoms. The van der Waals surface area contributed by atoms with Gasteiger partial charge in [-0.25, -0.2) is 0 Å². The van der Waals surface area contributed by atoms with Crippen molar-refractivity contribution in [2.24, 2.45) is 38.4 Å². The van der Waals surface area contributed by atoms with E-state index in [0.29, 0.717) is 0 Å². The van der Waals surface area contributed by atoms with E-state index in [1.807, 2.05) is 0 Å². The van der Waals surface area contributed by atoms with Crippen LogP contribution in [0.5, 0.6) is 0 Å². The van der Waals surface area contributed by atoms with Gasteiger partial charge in [-0.15, -0.1) is 0 Å². The van der Waals surface area contributed by atoms with Gasteiger partial charge in [0.05, 0.1) is 79.3 Å². The molecular formula is C31H52O6. The van der Waals surface area contributed by atoms with Crippen LogP contribution in [0, 0.1) is 38.4 Å². The molecule has 0 radical (unpaired) electrons. The zero-order valence-corrected chi connectivity index (χ0v) is 23.9. The van der Waals surface area contributed by atoms with Crippen LogP contribution in [0.1, 0.15) is 78.6 Å². The minimum Gasteiger partial charge on any atom is -0.380 e. The molecule has 6 heteroatoms. The molecule has 212 valence electrons. The van der Waals surface area contributed by atoms with Crippen LogP contribution in [-0.2, 0) is 28.4 Å². The summed E-state index contributed by atoms with van der Waals surface area (Å²) in [6.07, 6.45) is 11.2. The molecule has 3 aliphatic heterocycles. The van der Waals surface area contributed by atoms with Gasteiger partial charge in [0.15, 0.2) is 0 Å². The van der Waals surface area contributed by atoms with E-state index >= 15 is 0 Å². The highest BCUT2D eigenvalue weighted by atomic mass is 16.5. The Balaban J connectivity index is 1.14. The highest BCUT2D eigenvalue weighted by Crippen LogP contribution is 2.70. The van der Waals surface area contributed by atoms with Crippen molar-refractivity contribution in [3.05, 3.63) is 0 Å². The maximum absolute atomic E-state index is 6.62. The summed E-state index contributed by atoms with van der Waals surface area (Å²) in [7, 11) is 0. The monoisotopic (exact) mass is 520 g/mol. The van der Waals surface area contributed by atoms with Crippen molar-refractivity contribution in [2.45, 2.75) is 78.6 Å². The molecule has 0 unspecified atom stereocenters. The summed E-state index contributed by atoms with van der Waals surface area (Å²) in [6.45, 7) is 17.2. The number of ether oxygens (including phenoxy) is 6. The van der Waals surface area contributed by atoms with Crippen molar-refractivity contribution in [2.75, 3.05) is 79.3 Å². The SMILES string of the molecule is CCC1(COCC23CC4CC(COCC5(CC)COC5)(C2)CC(COCC2(CC)COC2)(C4)C3)COC1. The van der Waals surface area contributed by atoms with E-state index in [1.54, 1.807) is 0 Å². The summed E-state index contributed by atoms with van der Waals surface area (Å²) >= 11 is 0. The molecule has 4 aliphatic carbocycles. The van der Waals surface area contributed by atoms with Gasteiger partial charge in [-0.05, 0) is 80.0 Å². The van der Waals surface area contributed by atoms with Crippen LogP contribution in [0.15, 0.2) is 0 Å². The largest absolute Gasteiger partial charge is 0.380 e. The number of rotatable bonds is 15. The van der Waals surface area contributed by atoms with Crippen LogP contribution in [0.4, 0.5) is 0 Å². The van der Waals surface area contributed by atoms with E-state index < -0.39 is 0 Å². The van der Waals surface area contributed by atoms with Gasteiger partial charge in [0.25, 0.3) is 0 Å². The molecule has 4 saturated carbocycles. The Morgan fingerprint density at radius 1 is 0.486 bits per heavy atom. The van der Waals surface area contributed by atoms with Gasteiger partial charge >= 0.3 is 0 Å². The second-order valence-corrected chi connectivity index (χ2v) is 15.0. The first kappa shape index (κ1) is 27.0. The third-order valence-electron chi connectivity index (χ3n) is 11.6. The third-order valence-corrected chi connectivity index (χ3v) is 11.6. The molecule has 0 N–H and O–H groups in total. The fourth-order valence-electron chi connectivity index (χ4n) is 9.34. The quantitative estimate of drug-likeness (QED) is 0.293. The third kappa shape index (κ3) is 5.06. The summed E-state index contributed by atoms with van der Waals surface area (Å²) in [5.41, 5.74) is 1.58. The molecule has 37 heavy (non-hydrogen) atoms. The lowest BCUT2D eigenvalue weighted by atomic mass is 9.40. The Morgan fingerprint density at radius 2 is 0.784 bits per heavy atom. The van der Waals surface area contributed by atoms with E-state index in [2.05, 4.69) is 20.8 Å². The van der Waals surface area contributed by atoms with Crippen molar-refractivity contribution in [1.29, 1.82) is 0 Å². The minimum absolute atomic E-state index is 0.253. The second-order valence-electron chi connectivity index (χ2n) is 15.0. The van der Waals surface area contributed by atoms with Gasteiger partial charge < -0.3 is 28.4 Å². The summed E-state index contributed by atoms with van der Waals surface area (Å²) in [6, 6.07) is 0. The topological polar surface area (TPSA) is 55.4 Å². The van der Waals surface area contributed by atoms with E-state index in [9.17, 15) is 0 Å². The first-order valence-corrected chi connectivity index (χ1v) is 15.3. The molecule has 0 aromatic carbocycles. The molecule has 0 spiro atoms. The Labute approximate surface area is 224 Å². The molecule has 0 aromatic rings. The predicted octanol–water partition coefficient (Wildman–Crippen LogP) is 5.27. The maximum Gasteiger partial charge on any atom is 0.0566 e. The van der Waals surface area contributed by atoms with Crippen LogP contribution in [-0.4, -0.2) is 79.3 Å². The van der Waals surface area contributed by atoms with Gasteiger partial charge in [-0.1, -0.05) is 20.8 Å². The lowest BCUT2D eigenvalue weighted by Gasteiger charge is -2.66. The van der Waals surface area contributed by atoms with Crippen molar-refractivity contribution >= 4 is 0 Å². The molecule has 7 aliphatic rings. The van der Waals surface area contributed by atoms with Crippen molar-refractivity contribution < 1.29 is 28.4 Å². The number of hydrogen-bond donors (Lipinski definition) is 0. The molecule has 0 amide bonds. The standard InChI is InChI=1S/C31H52O6/c1-4-26(13-32-14-26)19-35-22-29-7-25-8-30(10-29,23-36-20-27(5-2)15-33-16-27)12-31(9-25,11-29)24-37-21-28(6-3)17-34-18-28/h25H,4-24H2,1-3H3. The van der Waals surface area contributed by atoms with E-state index in [4.69, 9.17) is 28.4 Å². The lowest BCUT2D eigenvalue weighted by molar-refractivity contribution is -0.233. The molecule has 3 heterocycles. The molecular weight excluding hydrogens is 468 g/mol. The molecule has 0 atom stereocenters. The second kappa shape index (κ2) is 9.99. The molecule has 7 rings (SSSR count). The summed E-state index contributed by atoms with van der Waals surface area (Å²) in [5.74, 6) is 0.776. The van der Waals surface area contributed by atoms with Crippen LogP contribution < -0.4 is 0 Å². The fraction of sp³-hybridized carbons (Fsp3) is 1.00. The van der Waals surface area contributed by atoms with Crippen LogP contribution in [0.3, 0.4) is 0 Å². The number of hydrogen-bond acceptors (Lipinski definition) is 6. The van der Waals surface area contributed by atoms with E-state index in [0.717, 1.165) is 104 Å². The van der Waals surface area contributed by atoms with Crippen LogP contribution >= 0.6 is 0 Å². The van der Waals surface area contributed by atoms with Gasteiger partial charge in [0, 0.05) is 16.2 Å². The first-order chi connectivity index (χ1) is 17.8. The molecule has 3 saturated heterocycles. The van der Waals surface area contributed by atoms with Gasteiger partial charge in [0.2, 0.25) is 0 Å². The van der Waals surface area contributed by atoms with Gasteiger partial charge in [-0.2, -0.15) is 0 Å². The average Bonchev–Trinajstić information content (AvgIpc) is 2.78. The van der Waals surface area contributed by atoms with Crippen LogP contribution in [0.25, 0.3) is 0 Å². The van der Waals surface area contributed by atoms with Crippen molar-refractivity contribution in [1.82, 2.24) is 0 Å². The van der Waals surface area contributed by atoms with E-state index in [1.165, 1.54) is 38.5 Å². The highest BCUT2D eigenvalue weighted by Gasteiger charge is 2.63. The predicted molar refractivity (Wildman–Crippen MR) is 142 cm³/mol. The Kier molecular flexibility index (Phi) is 7.28. The zero-order valence-electron chi connectivity index (χ0n) is 23.9. The van der Waals surface area contributed by atoms with Gasteiger partial charge in [-0.3, -0.25) is 0 Å². The first-order valence-electron chi connectivity index (χ1n) is 15.3. The minimum atomic E-state index is 0.253. The summed E-state index contributed by atoms with van der Waals surface area (Å²) < 4.78 is 36.6. The van der Waals surface area contributed by atoms with Crippen LogP contribution in [0.2, 0.25) is 0 Å². The lowest BCUT2D eigenvalue weighted by Crippen LogP contribution is -2.61. The maximum atomic E-state index is 6.62. The van der Waals surface area contributed by atoms with Gasteiger partial charge in [0.1, 0.15) is 0 Å². The fourth-order valence-corrected chi connectivity index (χ4v) is 9.34. The van der Waals surface area contributed by atoms with Crippen molar-refractivity contribution in [3.8, 4) is 0 Å². The smallest absolute Gasteiger partial charge is 0.0566 e. The zero-order chi connectivity index (χ0) is 25.7. The Hall–Kier alpha value is -0.240. The normalized spacial score (nSPS) is 40.1. The molecule has 7 fully saturated rings. The average molecular weight is 521 g/mol.